The van der Waals surface area contributed by atoms with Crippen LogP contribution in [0.2, 0.25) is 0 Å². The second-order valence-electron chi connectivity index (χ2n) is 12.5. The molecular formula is C38H67N2+. The van der Waals surface area contributed by atoms with Gasteiger partial charge in [0.2, 0.25) is 0 Å². The molecule has 0 saturated carbocycles. The lowest BCUT2D eigenvalue weighted by molar-refractivity contribution is -0.703. The molecule has 0 N–H and O–H groups in total. The van der Waals surface area contributed by atoms with E-state index in [1.165, 1.54) is 179 Å². The van der Waals surface area contributed by atoms with Crippen molar-refractivity contribution in [1.29, 1.82) is 0 Å². The predicted molar refractivity (Wildman–Crippen MR) is 176 cm³/mol. The SMILES string of the molecule is CCCCCCCCCCCCCCCCCn1cc[n+](CCCCCCCCCCC)c1Cc1ccccc1. The van der Waals surface area contributed by atoms with E-state index in [1.807, 2.05) is 0 Å². The van der Waals surface area contributed by atoms with Gasteiger partial charge in [-0.15, -0.1) is 0 Å². The number of rotatable bonds is 28. The van der Waals surface area contributed by atoms with E-state index >= 15 is 0 Å². The Morgan fingerprint density at radius 2 is 0.925 bits per heavy atom. The van der Waals surface area contributed by atoms with Crippen molar-refractivity contribution >= 4 is 0 Å². The monoisotopic (exact) mass is 552 g/mol. The highest BCUT2D eigenvalue weighted by Crippen LogP contribution is 2.15. The van der Waals surface area contributed by atoms with Crippen LogP contribution in [0, 0.1) is 0 Å². The molecule has 228 valence electrons. The van der Waals surface area contributed by atoms with Crippen LogP contribution in [0.4, 0.5) is 0 Å². The number of aryl methyl sites for hydroxylation is 2. The lowest BCUT2D eigenvalue weighted by Gasteiger charge is -2.07. The summed E-state index contributed by atoms with van der Waals surface area (Å²) in [5.41, 5.74) is 1.43. The summed E-state index contributed by atoms with van der Waals surface area (Å²) in [6, 6.07) is 11.1. The normalized spacial score (nSPS) is 11.4. The molecule has 2 heteroatoms. The van der Waals surface area contributed by atoms with Gasteiger partial charge in [0.05, 0.1) is 19.5 Å². The number of aromatic nitrogens is 2. The smallest absolute Gasteiger partial charge is 0.234 e. The molecule has 0 aliphatic heterocycles. The molecule has 0 aliphatic carbocycles. The Bertz CT molecular complexity index is 793. The van der Waals surface area contributed by atoms with Gasteiger partial charge in [-0.25, -0.2) is 9.13 Å². The second kappa shape index (κ2) is 25.2. The van der Waals surface area contributed by atoms with Crippen LogP contribution in [0.1, 0.15) is 179 Å². The minimum absolute atomic E-state index is 1.05. The third kappa shape index (κ3) is 17.3. The van der Waals surface area contributed by atoms with Crippen LogP contribution in [0.5, 0.6) is 0 Å². The van der Waals surface area contributed by atoms with E-state index in [0.717, 1.165) is 6.42 Å². The van der Waals surface area contributed by atoms with Gasteiger partial charge in [0.25, 0.3) is 5.82 Å². The van der Waals surface area contributed by atoms with Gasteiger partial charge in [-0.05, 0) is 31.2 Å². The molecule has 0 bridgehead atoms. The van der Waals surface area contributed by atoms with E-state index in [-0.39, 0.29) is 0 Å². The first-order valence-corrected chi connectivity index (χ1v) is 18.0. The van der Waals surface area contributed by atoms with E-state index < -0.39 is 0 Å². The van der Waals surface area contributed by atoms with Gasteiger partial charge in [-0.1, -0.05) is 173 Å². The summed E-state index contributed by atoms with van der Waals surface area (Å²) in [4.78, 5) is 0. The van der Waals surface area contributed by atoms with Crippen molar-refractivity contribution < 1.29 is 4.57 Å². The summed E-state index contributed by atoms with van der Waals surface area (Å²) < 4.78 is 5.11. The third-order valence-electron chi connectivity index (χ3n) is 8.80. The van der Waals surface area contributed by atoms with Gasteiger partial charge in [0.15, 0.2) is 0 Å². The van der Waals surface area contributed by atoms with Crippen LogP contribution < -0.4 is 4.57 Å². The number of hydrogen-bond acceptors (Lipinski definition) is 0. The Hall–Kier alpha value is -1.57. The highest BCUT2D eigenvalue weighted by atomic mass is 15.1. The molecule has 1 heterocycles. The molecule has 0 radical (unpaired) electrons. The van der Waals surface area contributed by atoms with Crippen molar-refractivity contribution in [1.82, 2.24) is 4.57 Å². The Balaban J connectivity index is 1.60. The molecule has 0 saturated heterocycles. The molecular weight excluding hydrogens is 484 g/mol. The molecule has 0 amide bonds. The Kier molecular flexibility index (Phi) is 21.8. The Labute approximate surface area is 250 Å². The van der Waals surface area contributed by atoms with Crippen molar-refractivity contribution in [3.8, 4) is 0 Å². The number of imidazole rings is 1. The zero-order valence-corrected chi connectivity index (χ0v) is 27.0. The lowest BCUT2D eigenvalue weighted by Crippen LogP contribution is -2.37. The van der Waals surface area contributed by atoms with Gasteiger partial charge in [-0.2, -0.15) is 0 Å². The maximum absolute atomic E-state index is 2.56. The van der Waals surface area contributed by atoms with E-state index in [1.54, 1.807) is 0 Å². The van der Waals surface area contributed by atoms with E-state index in [9.17, 15) is 0 Å². The highest BCUT2D eigenvalue weighted by molar-refractivity contribution is 5.18. The molecule has 0 unspecified atom stereocenters. The number of hydrogen-bond donors (Lipinski definition) is 0. The van der Waals surface area contributed by atoms with Crippen LogP contribution in [0.3, 0.4) is 0 Å². The van der Waals surface area contributed by atoms with Crippen molar-refractivity contribution in [2.75, 3.05) is 0 Å². The maximum atomic E-state index is 2.56. The summed E-state index contributed by atoms with van der Waals surface area (Å²) in [7, 11) is 0. The van der Waals surface area contributed by atoms with Gasteiger partial charge in [0, 0.05) is 0 Å². The van der Waals surface area contributed by atoms with Gasteiger partial charge in [-0.3, -0.25) is 0 Å². The molecule has 0 fully saturated rings. The first kappa shape index (κ1) is 34.6. The van der Waals surface area contributed by atoms with Gasteiger partial charge < -0.3 is 0 Å². The fraction of sp³-hybridized carbons (Fsp3) is 0.763. The molecule has 2 nitrogen and oxygen atoms in total. The molecule has 0 spiro atoms. The van der Waals surface area contributed by atoms with Crippen LogP contribution >= 0.6 is 0 Å². The minimum Gasteiger partial charge on any atom is -0.234 e. The number of nitrogens with zero attached hydrogens (tertiary/aromatic N) is 2. The zero-order valence-electron chi connectivity index (χ0n) is 27.0. The molecule has 1 aromatic carbocycles. The van der Waals surface area contributed by atoms with Gasteiger partial charge in [0.1, 0.15) is 12.4 Å². The summed E-state index contributed by atoms with van der Waals surface area (Å²) >= 11 is 0. The van der Waals surface area contributed by atoms with Crippen LogP contribution in [0.15, 0.2) is 42.7 Å². The van der Waals surface area contributed by atoms with Crippen LogP contribution in [0.25, 0.3) is 0 Å². The number of unbranched alkanes of at least 4 members (excludes halogenated alkanes) is 22. The summed E-state index contributed by atoms with van der Waals surface area (Å²) in [6.45, 7) is 6.95. The second-order valence-corrected chi connectivity index (χ2v) is 12.5. The fourth-order valence-electron chi connectivity index (χ4n) is 6.13. The molecule has 1 aromatic heterocycles. The largest absolute Gasteiger partial charge is 0.260 e. The predicted octanol–water partition coefficient (Wildman–Crippen LogP) is 11.8. The van der Waals surface area contributed by atoms with Gasteiger partial charge >= 0.3 is 0 Å². The fourth-order valence-corrected chi connectivity index (χ4v) is 6.13. The van der Waals surface area contributed by atoms with E-state index in [0.29, 0.717) is 0 Å². The third-order valence-corrected chi connectivity index (χ3v) is 8.80. The lowest BCUT2D eigenvalue weighted by atomic mass is 10.0. The van der Waals surface area contributed by atoms with Crippen molar-refractivity contribution in [3.63, 3.8) is 0 Å². The molecule has 2 aromatic rings. The summed E-state index contributed by atoms with van der Waals surface area (Å²) in [5, 5.41) is 0. The minimum atomic E-state index is 1.05. The zero-order chi connectivity index (χ0) is 28.4. The highest BCUT2D eigenvalue weighted by Gasteiger charge is 2.17. The Morgan fingerprint density at radius 1 is 0.500 bits per heavy atom. The molecule has 2 rings (SSSR count). The van der Waals surface area contributed by atoms with Crippen molar-refractivity contribution in [3.05, 3.63) is 54.1 Å². The summed E-state index contributed by atoms with van der Waals surface area (Å²) in [6.07, 6.45) is 39.8. The van der Waals surface area contributed by atoms with Crippen LogP contribution in [-0.2, 0) is 19.5 Å². The van der Waals surface area contributed by atoms with E-state index in [2.05, 4.69) is 65.7 Å². The quantitative estimate of drug-likeness (QED) is 0.0734. The average Bonchev–Trinajstić information content (AvgIpc) is 3.35. The maximum Gasteiger partial charge on any atom is 0.260 e. The molecule has 0 aliphatic rings. The molecule has 0 atom stereocenters. The first-order valence-electron chi connectivity index (χ1n) is 18.0. The van der Waals surface area contributed by atoms with Crippen molar-refractivity contribution in [2.45, 2.75) is 187 Å². The summed E-state index contributed by atoms with van der Waals surface area (Å²) in [5.74, 6) is 1.50. The average molecular weight is 552 g/mol. The molecule has 40 heavy (non-hydrogen) atoms. The standard InChI is InChI=1S/C38H67N2/c1-3-5-7-9-11-13-14-15-16-17-18-20-22-24-29-33-40-35-34-39(38(40)36-37-30-26-25-27-31-37)32-28-23-21-19-12-10-8-6-4-2/h25-27,30-31,34-35H,3-24,28-29,32-33,36H2,1-2H3/q+1. The van der Waals surface area contributed by atoms with Crippen molar-refractivity contribution in [2.24, 2.45) is 0 Å². The van der Waals surface area contributed by atoms with Crippen LogP contribution in [-0.4, -0.2) is 4.57 Å². The van der Waals surface area contributed by atoms with E-state index in [4.69, 9.17) is 0 Å². The Morgan fingerprint density at radius 3 is 1.40 bits per heavy atom. The number of benzene rings is 1. The topological polar surface area (TPSA) is 8.81 Å². The first-order chi connectivity index (χ1) is 19.8.